The van der Waals surface area contributed by atoms with E-state index < -0.39 is 0 Å². The van der Waals surface area contributed by atoms with Crippen LogP contribution in [0.4, 0.5) is 0 Å². The van der Waals surface area contributed by atoms with Crippen molar-refractivity contribution in [3.63, 3.8) is 0 Å². The Bertz CT molecular complexity index is 286. The van der Waals surface area contributed by atoms with Crippen LogP contribution in [0.3, 0.4) is 0 Å². The van der Waals surface area contributed by atoms with E-state index in [-0.39, 0.29) is 21.5 Å². The molecule has 2 rings (SSSR count). The van der Waals surface area contributed by atoms with Crippen molar-refractivity contribution in [2.24, 2.45) is 0 Å². The van der Waals surface area contributed by atoms with Gasteiger partial charge in [0.25, 0.3) is 0 Å². The molecule has 0 fully saturated rings. The Labute approximate surface area is 104 Å². The summed E-state index contributed by atoms with van der Waals surface area (Å²) in [4.78, 5) is 0. The van der Waals surface area contributed by atoms with Crippen molar-refractivity contribution < 1.29 is 21.5 Å². The van der Waals surface area contributed by atoms with Gasteiger partial charge in [0.15, 0.2) is 0 Å². The second kappa shape index (κ2) is 4.49. The quantitative estimate of drug-likeness (QED) is 0.298. The molecule has 0 aromatic carbocycles. The Morgan fingerprint density at radius 2 is 2.50 bits per heavy atom. The van der Waals surface area contributed by atoms with E-state index in [2.05, 4.69) is 53.6 Å². The van der Waals surface area contributed by atoms with E-state index in [4.69, 9.17) is 0 Å². The Morgan fingerprint density at radius 3 is 3.08 bits per heavy atom. The van der Waals surface area contributed by atoms with Crippen LogP contribution in [0.1, 0.15) is 0 Å². The van der Waals surface area contributed by atoms with E-state index in [0.717, 1.165) is 3.70 Å². The van der Waals surface area contributed by atoms with Crippen LogP contribution in [-0.2, 0) is 0 Å². The van der Waals surface area contributed by atoms with Crippen LogP contribution in [0.25, 0.3) is 5.43 Å². The van der Waals surface area contributed by atoms with Gasteiger partial charge in [0.1, 0.15) is 0 Å². The van der Waals surface area contributed by atoms with Crippen molar-refractivity contribution >= 4 is 45.9 Å². The summed E-state index contributed by atoms with van der Waals surface area (Å²) in [6.45, 7) is 0. The molecule has 0 spiro atoms. The van der Waals surface area contributed by atoms with Gasteiger partial charge in [0, 0.05) is 0 Å². The SMILES string of the molecule is IC1=CSN([I-]c2cccs2)[N-]1. The fourth-order valence-electron chi connectivity index (χ4n) is 0.626. The van der Waals surface area contributed by atoms with E-state index >= 15 is 0 Å². The van der Waals surface area contributed by atoms with Crippen molar-refractivity contribution in [3.8, 4) is 0 Å². The molecular formula is C6H4I2N2S2-2. The Morgan fingerprint density at radius 1 is 1.58 bits per heavy atom. The molecule has 66 valence electrons. The van der Waals surface area contributed by atoms with Gasteiger partial charge >= 0.3 is 105 Å². The van der Waals surface area contributed by atoms with E-state index in [0.29, 0.717) is 0 Å². The third-order valence-corrected chi connectivity index (χ3v) is 7.08. The maximum absolute atomic E-state index is 4.36. The minimum atomic E-state index is -0.0751. The van der Waals surface area contributed by atoms with Crippen LogP contribution in [0.5, 0.6) is 0 Å². The van der Waals surface area contributed by atoms with Gasteiger partial charge < -0.3 is 0 Å². The number of hydrogen-bond donors (Lipinski definition) is 0. The van der Waals surface area contributed by atoms with Gasteiger partial charge in [-0.2, -0.15) is 0 Å². The zero-order chi connectivity index (χ0) is 8.39. The molecule has 0 radical (unpaired) electrons. The average molecular weight is 422 g/mol. The number of hydrogen-bond acceptors (Lipinski definition) is 3. The van der Waals surface area contributed by atoms with Crippen molar-refractivity contribution in [2.75, 3.05) is 0 Å². The number of rotatable bonds is 2. The number of halogens is 2. The van der Waals surface area contributed by atoms with Crippen LogP contribution >= 0.6 is 45.9 Å². The summed E-state index contributed by atoms with van der Waals surface area (Å²) in [5.41, 5.74) is 4.36. The molecule has 0 aliphatic carbocycles. The summed E-state index contributed by atoms with van der Waals surface area (Å²) in [5, 5.41) is 4.20. The molecule has 12 heavy (non-hydrogen) atoms. The molecule has 6 heteroatoms. The molecule has 0 bridgehead atoms. The van der Waals surface area contributed by atoms with Crippen molar-refractivity contribution in [1.29, 1.82) is 0 Å². The second-order valence-corrected chi connectivity index (χ2v) is 8.66. The van der Waals surface area contributed by atoms with Crippen LogP contribution in [0.15, 0.2) is 26.6 Å². The zero-order valence-corrected chi connectivity index (χ0v) is 11.7. The molecule has 0 saturated heterocycles. The van der Waals surface area contributed by atoms with E-state index in [1.54, 1.807) is 11.9 Å². The molecule has 1 aliphatic rings. The van der Waals surface area contributed by atoms with Crippen molar-refractivity contribution in [3.05, 3.63) is 34.9 Å². The number of nitrogens with zero attached hydrogens (tertiary/aromatic N) is 2. The summed E-state index contributed by atoms with van der Waals surface area (Å²) >= 11 is 5.69. The molecule has 1 aromatic heterocycles. The van der Waals surface area contributed by atoms with Crippen LogP contribution in [-0.4, -0.2) is 2.63 Å². The van der Waals surface area contributed by atoms with Crippen LogP contribution in [0, 0.1) is 2.88 Å². The van der Waals surface area contributed by atoms with Gasteiger partial charge in [-0.15, -0.1) is 0 Å². The summed E-state index contributed by atoms with van der Waals surface area (Å²) < 4.78 is 4.66. The fourth-order valence-corrected chi connectivity index (χ4v) is 6.43. The first-order valence-corrected chi connectivity index (χ1v) is 7.91. The van der Waals surface area contributed by atoms with E-state index in [1.165, 1.54) is 2.88 Å². The Kier molecular flexibility index (Phi) is 3.58. The first kappa shape index (κ1) is 9.56. The van der Waals surface area contributed by atoms with Crippen LogP contribution < -0.4 is 21.5 Å². The molecule has 1 aromatic rings. The summed E-state index contributed by atoms with van der Waals surface area (Å²) in [7, 11) is 0. The van der Waals surface area contributed by atoms with Gasteiger partial charge in [0.05, 0.1) is 0 Å². The summed E-state index contributed by atoms with van der Waals surface area (Å²) in [6.07, 6.45) is 0. The van der Waals surface area contributed by atoms with Gasteiger partial charge in [-0.3, -0.25) is 0 Å². The fraction of sp³-hybridized carbons (Fsp3) is 0. The minimum absolute atomic E-state index is 0.0751. The molecule has 0 unspecified atom stereocenters. The van der Waals surface area contributed by atoms with Crippen molar-refractivity contribution in [2.45, 2.75) is 0 Å². The average Bonchev–Trinajstić information content (AvgIpc) is 2.63. The molecule has 1 aliphatic heterocycles. The molecular weight excluding hydrogens is 418 g/mol. The maximum atomic E-state index is 4.36. The summed E-state index contributed by atoms with van der Waals surface area (Å²) in [6, 6.07) is 4.28. The molecule has 0 atom stereocenters. The Hall–Kier alpha value is 1.01. The predicted octanol–water partition coefficient (Wildman–Crippen LogP) is 0.408. The first-order valence-electron chi connectivity index (χ1n) is 3.07. The van der Waals surface area contributed by atoms with Gasteiger partial charge in [-0.1, -0.05) is 0 Å². The van der Waals surface area contributed by atoms with Gasteiger partial charge in [-0.05, 0) is 0 Å². The third kappa shape index (κ3) is 2.50. The zero-order valence-electron chi connectivity index (χ0n) is 5.78. The monoisotopic (exact) mass is 422 g/mol. The normalized spacial score (nSPS) is 17.9. The van der Waals surface area contributed by atoms with Crippen molar-refractivity contribution in [1.82, 2.24) is 2.63 Å². The Balaban J connectivity index is 1.90. The molecule has 0 N–H and O–H groups in total. The third-order valence-electron chi connectivity index (χ3n) is 1.05. The topological polar surface area (TPSA) is 17.3 Å². The van der Waals surface area contributed by atoms with Crippen LogP contribution in [0.2, 0.25) is 0 Å². The standard InChI is InChI=1S/C6H4I2N2S2/c7-5-4-12-10(9-5)8-6-2-1-3-11-6/h1-4H/q-2. The van der Waals surface area contributed by atoms with E-state index in [1.807, 2.05) is 11.3 Å². The molecule has 2 nitrogen and oxygen atoms in total. The molecule has 0 saturated carbocycles. The molecule has 0 amide bonds. The van der Waals surface area contributed by atoms with Gasteiger partial charge in [0.2, 0.25) is 0 Å². The second-order valence-electron chi connectivity index (χ2n) is 1.87. The summed E-state index contributed by atoms with van der Waals surface area (Å²) in [5.74, 6) is 0. The molecule has 2 heterocycles. The van der Waals surface area contributed by atoms with E-state index in [9.17, 15) is 0 Å². The first-order chi connectivity index (χ1) is 5.84. The number of thiophene rings is 1. The van der Waals surface area contributed by atoms with Gasteiger partial charge in [-0.25, -0.2) is 0 Å². The predicted molar refractivity (Wildman–Crippen MR) is 57.9 cm³/mol.